The van der Waals surface area contributed by atoms with Crippen LogP contribution >= 0.6 is 0 Å². The van der Waals surface area contributed by atoms with Gasteiger partial charge < -0.3 is 14.5 Å². The summed E-state index contributed by atoms with van der Waals surface area (Å²) in [6, 6.07) is 9.52. The lowest BCUT2D eigenvalue weighted by molar-refractivity contribution is -0.133. The first kappa shape index (κ1) is 15.3. The molecule has 1 aromatic carbocycles. The molecule has 1 amide bonds. The fourth-order valence-corrected chi connectivity index (χ4v) is 2.55. The standard InChI is InChI=1S/C17H20N4O2/c1-14-4-2-5-15(12-14)23-13-16(22)20-8-10-21(11-9-20)17-18-6-3-7-19-17/h2-7,12H,8-11,13H2,1H3. The number of rotatable bonds is 4. The van der Waals surface area contributed by atoms with Gasteiger partial charge in [-0.3, -0.25) is 4.79 Å². The molecule has 6 heteroatoms. The van der Waals surface area contributed by atoms with Crippen molar-refractivity contribution in [3.63, 3.8) is 0 Å². The van der Waals surface area contributed by atoms with Gasteiger partial charge in [-0.1, -0.05) is 12.1 Å². The highest BCUT2D eigenvalue weighted by Crippen LogP contribution is 2.13. The van der Waals surface area contributed by atoms with E-state index < -0.39 is 0 Å². The Kier molecular flexibility index (Phi) is 4.71. The minimum absolute atomic E-state index is 0.0140. The number of nitrogens with zero attached hydrogens (tertiary/aromatic N) is 4. The van der Waals surface area contributed by atoms with E-state index in [2.05, 4.69) is 14.9 Å². The molecule has 1 aromatic heterocycles. The number of benzene rings is 1. The van der Waals surface area contributed by atoms with Crippen molar-refractivity contribution in [2.75, 3.05) is 37.7 Å². The van der Waals surface area contributed by atoms with E-state index in [1.165, 1.54) is 0 Å². The van der Waals surface area contributed by atoms with Crippen LogP contribution in [0.25, 0.3) is 0 Å². The van der Waals surface area contributed by atoms with Crippen molar-refractivity contribution >= 4 is 11.9 Å². The molecule has 1 aliphatic heterocycles. The summed E-state index contributed by atoms with van der Waals surface area (Å²) in [7, 11) is 0. The normalized spacial score (nSPS) is 14.7. The lowest BCUT2D eigenvalue weighted by atomic mass is 10.2. The van der Waals surface area contributed by atoms with Gasteiger partial charge in [0, 0.05) is 38.6 Å². The second-order valence-electron chi connectivity index (χ2n) is 5.52. The average Bonchev–Trinajstić information content (AvgIpc) is 2.61. The zero-order chi connectivity index (χ0) is 16.1. The number of piperazine rings is 1. The fourth-order valence-electron chi connectivity index (χ4n) is 2.55. The van der Waals surface area contributed by atoms with Crippen LogP contribution in [0, 0.1) is 6.92 Å². The Morgan fingerprint density at radius 1 is 1.13 bits per heavy atom. The van der Waals surface area contributed by atoms with Gasteiger partial charge in [-0.2, -0.15) is 0 Å². The van der Waals surface area contributed by atoms with Crippen molar-refractivity contribution in [2.45, 2.75) is 6.92 Å². The smallest absolute Gasteiger partial charge is 0.260 e. The molecule has 1 saturated heterocycles. The molecule has 6 nitrogen and oxygen atoms in total. The number of hydrogen-bond acceptors (Lipinski definition) is 5. The van der Waals surface area contributed by atoms with Crippen LogP contribution in [0.4, 0.5) is 5.95 Å². The zero-order valence-corrected chi connectivity index (χ0v) is 13.2. The number of carbonyl (C=O) groups excluding carboxylic acids is 1. The molecule has 0 N–H and O–H groups in total. The molecule has 0 atom stereocenters. The maximum atomic E-state index is 12.3. The van der Waals surface area contributed by atoms with Gasteiger partial charge in [0.25, 0.3) is 5.91 Å². The molecule has 0 aliphatic carbocycles. The highest BCUT2D eigenvalue weighted by molar-refractivity contribution is 5.78. The van der Waals surface area contributed by atoms with Crippen molar-refractivity contribution in [2.24, 2.45) is 0 Å². The molecule has 0 unspecified atom stereocenters. The van der Waals surface area contributed by atoms with E-state index in [1.807, 2.05) is 36.1 Å². The number of carbonyl (C=O) groups is 1. The summed E-state index contributed by atoms with van der Waals surface area (Å²) < 4.78 is 5.58. The number of hydrogen-bond donors (Lipinski definition) is 0. The summed E-state index contributed by atoms with van der Waals surface area (Å²) in [6.45, 7) is 4.87. The van der Waals surface area contributed by atoms with Crippen LogP contribution in [0.1, 0.15) is 5.56 Å². The van der Waals surface area contributed by atoms with Crippen molar-refractivity contribution in [3.8, 4) is 5.75 Å². The van der Waals surface area contributed by atoms with Crippen molar-refractivity contribution < 1.29 is 9.53 Å². The number of anilines is 1. The van der Waals surface area contributed by atoms with Crippen molar-refractivity contribution in [1.82, 2.24) is 14.9 Å². The van der Waals surface area contributed by atoms with Crippen LogP contribution in [0.5, 0.6) is 5.75 Å². The topological polar surface area (TPSA) is 58.6 Å². The maximum absolute atomic E-state index is 12.3. The molecule has 0 saturated carbocycles. The van der Waals surface area contributed by atoms with Crippen LogP contribution in [-0.4, -0.2) is 53.6 Å². The molecule has 1 aliphatic rings. The molecule has 120 valence electrons. The second kappa shape index (κ2) is 7.09. The van der Waals surface area contributed by atoms with E-state index in [0.717, 1.165) is 30.4 Å². The van der Waals surface area contributed by atoms with E-state index >= 15 is 0 Å². The van der Waals surface area contributed by atoms with Crippen molar-refractivity contribution in [1.29, 1.82) is 0 Å². The monoisotopic (exact) mass is 312 g/mol. The van der Waals surface area contributed by atoms with Crippen LogP contribution in [0.3, 0.4) is 0 Å². The predicted octanol–water partition coefficient (Wildman–Crippen LogP) is 1.51. The minimum Gasteiger partial charge on any atom is -0.484 e. The Balaban J connectivity index is 1.48. The Hall–Kier alpha value is -2.63. The third-order valence-electron chi connectivity index (χ3n) is 3.82. The lowest BCUT2D eigenvalue weighted by Gasteiger charge is -2.34. The highest BCUT2D eigenvalue weighted by atomic mass is 16.5. The van der Waals surface area contributed by atoms with Gasteiger partial charge in [-0.15, -0.1) is 0 Å². The average molecular weight is 312 g/mol. The fraction of sp³-hybridized carbons (Fsp3) is 0.353. The SMILES string of the molecule is Cc1cccc(OCC(=O)N2CCN(c3ncccn3)CC2)c1. The molecular weight excluding hydrogens is 292 g/mol. The van der Waals surface area contributed by atoms with Crippen LogP contribution < -0.4 is 9.64 Å². The first-order valence-corrected chi connectivity index (χ1v) is 7.71. The van der Waals surface area contributed by atoms with Gasteiger partial charge in [0.05, 0.1) is 0 Å². The Morgan fingerprint density at radius 2 is 1.87 bits per heavy atom. The molecule has 1 fully saturated rings. The maximum Gasteiger partial charge on any atom is 0.260 e. The molecule has 0 bridgehead atoms. The summed E-state index contributed by atoms with van der Waals surface area (Å²) in [5.74, 6) is 1.46. The van der Waals surface area contributed by atoms with Gasteiger partial charge in [-0.05, 0) is 30.7 Å². The number of amides is 1. The van der Waals surface area contributed by atoms with E-state index in [4.69, 9.17) is 4.74 Å². The van der Waals surface area contributed by atoms with Gasteiger partial charge in [-0.25, -0.2) is 9.97 Å². The Morgan fingerprint density at radius 3 is 2.57 bits per heavy atom. The van der Waals surface area contributed by atoms with Crippen LogP contribution in [0.15, 0.2) is 42.7 Å². The Labute approximate surface area is 135 Å². The molecule has 2 heterocycles. The first-order valence-electron chi connectivity index (χ1n) is 7.71. The molecule has 2 aromatic rings. The van der Waals surface area contributed by atoms with E-state index in [-0.39, 0.29) is 12.5 Å². The van der Waals surface area contributed by atoms with Gasteiger partial charge >= 0.3 is 0 Å². The summed E-state index contributed by atoms with van der Waals surface area (Å²) >= 11 is 0. The van der Waals surface area contributed by atoms with E-state index in [9.17, 15) is 4.79 Å². The lowest BCUT2D eigenvalue weighted by Crippen LogP contribution is -2.50. The first-order chi connectivity index (χ1) is 11.2. The minimum atomic E-state index is 0.0140. The highest BCUT2D eigenvalue weighted by Gasteiger charge is 2.22. The zero-order valence-electron chi connectivity index (χ0n) is 13.2. The molecular formula is C17H20N4O2. The third kappa shape index (κ3) is 3.97. The van der Waals surface area contributed by atoms with E-state index in [1.54, 1.807) is 18.5 Å². The second-order valence-corrected chi connectivity index (χ2v) is 5.52. The summed E-state index contributed by atoms with van der Waals surface area (Å²) in [6.07, 6.45) is 3.46. The van der Waals surface area contributed by atoms with Gasteiger partial charge in [0.2, 0.25) is 5.95 Å². The van der Waals surface area contributed by atoms with Gasteiger partial charge in [0.1, 0.15) is 5.75 Å². The predicted molar refractivity (Wildman–Crippen MR) is 87.5 cm³/mol. The quantitative estimate of drug-likeness (QED) is 0.856. The summed E-state index contributed by atoms with van der Waals surface area (Å²) in [4.78, 5) is 24.7. The summed E-state index contributed by atoms with van der Waals surface area (Å²) in [5.41, 5.74) is 1.12. The largest absolute Gasteiger partial charge is 0.484 e. The van der Waals surface area contributed by atoms with Gasteiger partial charge in [0.15, 0.2) is 6.61 Å². The molecule has 23 heavy (non-hydrogen) atoms. The number of aromatic nitrogens is 2. The third-order valence-corrected chi connectivity index (χ3v) is 3.82. The number of ether oxygens (including phenoxy) is 1. The number of aryl methyl sites for hydroxylation is 1. The van der Waals surface area contributed by atoms with Crippen LogP contribution in [-0.2, 0) is 4.79 Å². The molecule has 0 radical (unpaired) electrons. The molecule has 0 spiro atoms. The van der Waals surface area contributed by atoms with Crippen LogP contribution in [0.2, 0.25) is 0 Å². The molecule has 3 rings (SSSR count). The summed E-state index contributed by atoms with van der Waals surface area (Å²) in [5, 5.41) is 0. The Bertz CT molecular complexity index is 655. The van der Waals surface area contributed by atoms with E-state index in [0.29, 0.717) is 13.1 Å². The van der Waals surface area contributed by atoms with Crippen molar-refractivity contribution in [3.05, 3.63) is 48.3 Å².